The maximum absolute atomic E-state index is 5.79. The maximum atomic E-state index is 5.79. The predicted octanol–water partition coefficient (Wildman–Crippen LogP) is 2.64. The Hall–Kier alpha value is -1.69. The zero-order valence-electron chi connectivity index (χ0n) is 14.0. The van der Waals surface area contributed by atoms with Crippen molar-refractivity contribution in [2.45, 2.75) is 50.5 Å². The molecule has 1 saturated carbocycles. The Morgan fingerprint density at radius 3 is 2.78 bits per heavy atom. The van der Waals surface area contributed by atoms with Gasteiger partial charge in [0.05, 0.1) is 17.7 Å². The molecule has 23 heavy (non-hydrogen) atoms. The van der Waals surface area contributed by atoms with E-state index >= 15 is 0 Å². The lowest BCUT2D eigenvalue weighted by Crippen LogP contribution is -2.29. The summed E-state index contributed by atoms with van der Waals surface area (Å²) in [5.74, 6) is 2.50. The van der Waals surface area contributed by atoms with Gasteiger partial charge in [-0.25, -0.2) is 9.97 Å². The molecule has 2 aliphatic rings. The van der Waals surface area contributed by atoms with Crippen molar-refractivity contribution in [3.63, 3.8) is 0 Å². The van der Waals surface area contributed by atoms with E-state index in [2.05, 4.69) is 17.0 Å². The third-order valence-electron chi connectivity index (χ3n) is 5.17. The Balaban J connectivity index is 1.70. The van der Waals surface area contributed by atoms with Gasteiger partial charge in [-0.15, -0.1) is 0 Å². The highest BCUT2D eigenvalue weighted by Gasteiger charge is 2.25. The summed E-state index contributed by atoms with van der Waals surface area (Å²) in [6.45, 7) is 1.77. The molecule has 4 rings (SSSR count). The second-order valence-electron chi connectivity index (χ2n) is 6.91. The zero-order valence-corrected chi connectivity index (χ0v) is 14.0. The molecule has 2 fully saturated rings. The van der Waals surface area contributed by atoms with Gasteiger partial charge in [-0.3, -0.25) is 4.68 Å². The van der Waals surface area contributed by atoms with E-state index in [0.29, 0.717) is 12.0 Å². The van der Waals surface area contributed by atoms with Crippen molar-refractivity contribution in [3.05, 3.63) is 12.0 Å². The molecule has 0 aromatic carbocycles. The van der Waals surface area contributed by atoms with Gasteiger partial charge in [0.25, 0.3) is 0 Å². The van der Waals surface area contributed by atoms with Crippen molar-refractivity contribution in [2.24, 2.45) is 7.05 Å². The van der Waals surface area contributed by atoms with E-state index in [1.165, 1.54) is 25.7 Å². The number of rotatable bonds is 4. The van der Waals surface area contributed by atoms with Crippen LogP contribution in [0.15, 0.2) is 6.20 Å². The molecule has 0 radical (unpaired) electrons. The average molecular weight is 315 g/mol. The van der Waals surface area contributed by atoms with Crippen molar-refractivity contribution in [2.75, 3.05) is 25.1 Å². The van der Waals surface area contributed by atoms with E-state index in [9.17, 15) is 0 Å². The van der Waals surface area contributed by atoms with Crippen LogP contribution in [0, 0.1) is 0 Å². The molecule has 6 nitrogen and oxygen atoms in total. The Kier molecular flexibility index (Phi) is 3.93. The van der Waals surface area contributed by atoms with Gasteiger partial charge in [-0.1, -0.05) is 12.8 Å². The lowest BCUT2D eigenvalue weighted by atomic mass is 10.1. The fourth-order valence-electron chi connectivity index (χ4n) is 3.86. The standard InChI is InChI=1S/C17H25N5O/c1-21(11-13-8-5-9-23-13)16-14-10-18-22(2)17(14)20-15(19-16)12-6-3-4-7-12/h10,12-13H,3-9,11H2,1-2H3/t13-/m1/s1. The maximum Gasteiger partial charge on any atom is 0.163 e. The van der Waals surface area contributed by atoms with Crippen LogP contribution in [0.3, 0.4) is 0 Å². The molecule has 2 aromatic rings. The molecule has 0 amide bonds. The van der Waals surface area contributed by atoms with Gasteiger partial charge in [0, 0.05) is 33.2 Å². The topological polar surface area (TPSA) is 56.1 Å². The molecule has 1 atom stereocenters. The Bertz CT molecular complexity index is 686. The SMILES string of the molecule is CN(C[C@H]1CCCO1)c1nc(C2CCCC2)nc2c1cnn2C. The van der Waals surface area contributed by atoms with E-state index in [1.807, 2.05) is 17.9 Å². The van der Waals surface area contributed by atoms with E-state index in [1.54, 1.807) is 0 Å². The second-order valence-corrected chi connectivity index (χ2v) is 6.91. The zero-order chi connectivity index (χ0) is 15.8. The Morgan fingerprint density at radius 2 is 2.04 bits per heavy atom. The summed E-state index contributed by atoms with van der Waals surface area (Å²) in [6.07, 6.45) is 9.50. The van der Waals surface area contributed by atoms with E-state index in [4.69, 9.17) is 14.7 Å². The van der Waals surface area contributed by atoms with Crippen LogP contribution in [-0.2, 0) is 11.8 Å². The number of nitrogens with zero attached hydrogens (tertiary/aromatic N) is 5. The summed E-state index contributed by atoms with van der Waals surface area (Å²) in [6, 6.07) is 0. The Morgan fingerprint density at radius 1 is 1.22 bits per heavy atom. The van der Waals surface area contributed by atoms with Gasteiger partial charge in [-0.2, -0.15) is 5.10 Å². The largest absolute Gasteiger partial charge is 0.376 e. The van der Waals surface area contributed by atoms with E-state index in [0.717, 1.165) is 48.7 Å². The first-order valence-electron chi connectivity index (χ1n) is 8.75. The van der Waals surface area contributed by atoms with Gasteiger partial charge in [0.1, 0.15) is 11.6 Å². The highest BCUT2D eigenvalue weighted by atomic mass is 16.5. The van der Waals surface area contributed by atoms with Crippen molar-refractivity contribution >= 4 is 16.9 Å². The summed E-state index contributed by atoms with van der Waals surface area (Å²) < 4.78 is 7.65. The third-order valence-corrected chi connectivity index (χ3v) is 5.17. The summed E-state index contributed by atoms with van der Waals surface area (Å²) in [5.41, 5.74) is 0.941. The molecule has 3 heterocycles. The minimum Gasteiger partial charge on any atom is -0.376 e. The van der Waals surface area contributed by atoms with Crippen molar-refractivity contribution < 1.29 is 4.74 Å². The smallest absolute Gasteiger partial charge is 0.163 e. The minimum absolute atomic E-state index is 0.316. The monoisotopic (exact) mass is 315 g/mol. The lowest BCUT2D eigenvalue weighted by Gasteiger charge is -2.23. The fraction of sp³-hybridized carbons (Fsp3) is 0.706. The number of hydrogen-bond donors (Lipinski definition) is 0. The first kappa shape index (κ1) is 14.9. The van der Waals surface area contributed by atoms with Crippen LogP contribution < -0.4 is 4.90 Å². The van der Waals surface area contributed by atoms with Gasteiger partial charge in [-0.05, 0) is 25.7 Å². The molecule has 0 spiro atoms. The van der Waals surface area contributed by atoms with Crippen molar-refractivity contribution in [1.82, 2.24) is 19.7 Å². The van der Waals surface area contributed by atoms with Crippen LogP contribution in [0.5, 0.6) is 0 Å². The number of fused-ring (bicyclic) bond motifs is 1. The minimum atomic E-state index is 0.316. The van der Waals surface area contributed by atoms with Crippen LogP contribution in [0.1, 0.15) is 50.3 Å². The molecule has 124 valence electrons. The highest BCUT2D eigenvalue weighted by Crippen LogP contribution is 2.34. The van der Waals surface area contributed by atoms with Crippen molar-refractivity contribution in [3.8, 4) is 0 Å². The molecule has 1 aliphatic carbocycles. The van der Waals surface area contributed by atoms with E-state index in [-0.39, 0.29) is 0 Å². The average Bonchev–Trinajstić information content (AvgIpc) is 3.28. The molecule has 6 heteroatoms. The molecular formula is C17H25N5O. The summed E-state index contributed by atoms with van der Waals surface area (Å²) in [4.78, 5) is 12.0. The summed E-state index contributed by atoms with van der Waals surface area (Å²) in [5, 5.41) is 5.43. The van der Waals surface area contributed by atoms with Crippen LogP contribution in [0.25, 0.3) is 11.0 Å². The molecule has 0 bridgehead atoms. The predicted molar refractivity (Wildman–Crippen MR) is 89.8 cm³/mol. The van der Waals surface area contributed by atoms with Crippen LogP contribution in [-0.4, -0.2) is 46.1 Å². The van der Waals surface area contributed by atoms with E-state index < -0.39 is 0 Å². The molecule has 1 aliphatic heterocycles. The Labute approximate surface area is 136 Å². The third kappa shape index (κ3) is 2.80. The van der Waals surface area contributed by atoms with Gasteiger partial charge >= 0.3 is 0 Å². The lowest BCUT2D eigenvalue weighted by molar-refractivity contribution is 0.116. The quantitative estimate of drug-likeness (QED) is 0.868. The molecule has 2 aromatic heterocycles. The number of anilines is 1. The molecular weight excluding hydrogens is 290 g/mol. The first-order chi connectivity index (χ1) is 11.2. The van der Waals surface area contributed by atoms with Crippen LogP contribution in [0.2, 0.25) is 0 Å². The molecule has 0 N–H and O–H groups in total. The summed E-state index contributed by atoms with van der Waals surface area (Å²) in [7, 11) is 4.06. The number of hydrogen-bond acceptors (Lipinski definition) is 5. The molecule has 1 saturated heterocycles. The fourth-order valence-corrected chi connectivity index (χ4v) is 3.86. The van der Waals surface area contributed by atoms with Gasteiger partial charge in [0.15, 0.2) is 5.65 Å². The number of ether oxygens (including phenoxy) is 1. The number of aromatic nitrogens is 4. The highest BCUT2D eigenvalue weighted by molar-refractivity contribution is 5.86. The van der Waals surface area contributed by atoms with Gasteiger partial charge < -0.3 is 9.64 Å². The second kappa shape index (κ2) is 6.07. The first-order valence-corrected chi connectivity index (χ1v) is 8.75. The normalized spacial score (nSPS) is 22.3. The molecule has 0 unspecified atom stereocenters. The number of aryl methyl sites for hydroxylation is 1. The number of likely N-dealkylation sites (N-methyl/N-ethyl adjacent to an activating group) is 1. The van der Waals surface area contributed by atoms with Gasteiger partial charge in [0.2, 0.25) is 0 Å². The van der Waals surface area contributed by atoms with Crippen LogP contribution >= 0.6 is 0 Å². The van der Waals surface area contributed by atoms with Crippen molar-refractivity contribution in [1.29, 1.82) is 0 Å². The van der Waals surface area contributed by atoms with Crippen LogP contribution in [0.4, 0.5) is 5.82 Å². The summed E-state index contributed by atoms with van der Waals surface area (Å²) >= 11 is 0.